The number of allylic oxidation sites excluding steroid dienone is 1. The van der Waals surface area contributed by atoms with Crippen LogP contribution in [0.3, 0.4) is 0 Å². The fourth-order valence-electron chi connectivity index (χ4n) is 4.18. The van der Waals surface area contributed by atoms with Crippen LogP contribution in [-0.2, 0) is 11.2 Å². The average molecular weight is 429 g/mol. The van der Waals surface area contributed by atoms with Crippen molar-refractivity contribution >= 4 is 22.2 Å². The molecule has 0 unspecified atom stereocenters. The van der Waals surface area contributed by atoms with Gasteiger partial charge < -0.3 is 15.4 Å². The van der Waals surface area contributed by atoms with Crippen molar-refractivity contribution in [2.45, 2.75) is 31.7 Å². The zero-order valence-corrected chi connectivity index (χ0v) is 16.7. The van der Waals surface area contributed by atoms with E-state index in [4.69, 9.17) is 4.74 Å². The van der Waals surface area contributed by atoms with Gasteiger partial charge in [-0.3, -0.25) is 10.1 Å². The summed E-state index contributed by atoms with van der Waals surface area (Å²) in [5, 5.41) is 13.4. The number of alkyl halides is 2. The van der Waals surface area contributed by atoms with Crippen LogP contribution in [0, 0.1) is 5.95 Å². The maximum Gasteiger partial charge on any atom is 0.272 e. The Bertz CT molecular complexity index is 1120. The minimum Gasteiger partial charge on any atom is -0.491 e. The molecule has 6 nitrogen and oxygen atoms in total. The molecule has 1 saturated heterocycles. The van der Waals surface area contributed by atoms with Crippen molar-refractivity contribution in [1.29, 1.82) is 0 Å². The summed E-state index contributed by atoms with van der Waals surface area (Å²) in [6, 6.07) is 7.74. The molecule has 0 spiro atoms. The molecule has 1 aliphatic heterocycles. The van der Waals surface area contributed by atoms with E-state index in [1.165, 1.54) is 0 Å². The number of H-pyrrole nitrogens is 1. The fraction of sp³-hybridized carbons (Fsp3) is 0.364. The van der Waals surface area contributed by atoms with Crippen molar-refractivity contribution in [3.8, 4) is 0 Å². The van der Waals surface area contributed by atoms with Gasteiger partial charge in [0.2, 0.25) is 5.95 Å². The number of nitrogens with one attached hydrogen (secondary N) is 3. The van der Waals surface area contributed by atoms with Crippen LogP contribution in [0.15, 0.2) is 36.2 Å². The van der Waals surface area contributed by atoms with Gasteiger partial charge in [0.05, 0.1) is 34.5 Å². The molecule has 9 heteroatoms. The number of anilines is 1. The van der Waals surface area contributed by atoms with Gasteiger partial charge in [-0.1, -0.05) is 6.07 Å². The van der Waals surface area contributed by atoms with E-state index in [2.05, 4.69) is 25.8 Å². The summed E-state index contributed by atoms with van der Waals surface area (Å²) in [6.07, 6.45) is 0.844. The zero-order chi connectivity index (χ0) is 21.4. The molecule has 3 heterocycles. The summed E-state index contributed by atoms with van der Waals surface area (Å²) in [4.78, 5) is 4.60. The molecule has 31 heavy (non-hydrogen) atoms. The lowest BCUT2D eigenvalue weighted by molar-refractivity contribution is 0.0466. The highest BCUT2D eigenvalue weighted by Crippen LogP contribution is 2.38. The van der Waals surface area contributed by atoms with E-state index in [0.29, 0.717) is 53.2 Å². The standard InChI is InChI=1S/C22H22F3N5O/c23-19(24)11-31-18-3-1-2-14-15(5-7-17-21(14)22(25)30-29-17)20(18)16-6-4-12(10-27-16)28-13-8-26-9-13/h4-7,10,13,19,26,28H,1-3,8-9,11H2,(H,29,30). The highest BCUT2D eigenvalue weighted by Gasteiger charge is 2.25. The molecule has 0 amide bonds. The van der Waals surface area contributed by atoms with E-state index in [9.17, 15) is 13.2 Å². The molecule has 0 radical (unpaired) electrons. The number of rotatable bonds is 6. The third-order valence-corrected chi connectivity index (χ3v) is 5.73. The van der Waals surface area contributed by atoms with Crippen molar-refractivity contribution in [1.82, 2.24) is 20.5 Å². The van der Waals surface area contributed by atoms with Crippen molar-refractivity contribution in [3.63, 3.8) is 0 Å². The second kappa shape index (κ2) is 8.22. The largest absolute Gasteiger partial charge is 0.491 e. The van der Waals surface area contributed by atoms with Crippen molar-refractivity contribution in [2.75, 3.05) is 25.0 Å². The van der Waals surface area contributed by atoms with Gasteiger partial charge in [-0.2, -0.15) is 4.39 Å². The Morgan fingerprint density at radius 3 is 2.74 bits per heavy atom. The van der Waals surface area contributed by atoms with Gasteiger partial charge in [0.1, 0.15) is 12.4 Å². The lowest BCUT2D eigenvalue weighted by Crippen LogP contribution is -2.51. The van der Waals surface area contributed by atoms with E-state index in [0.717, 1.165) is 29.9 Å². The second-order valence-corrected chi connectivity index (χ2v) is 7.81. The summed E-state index contributed by atoms with van der Waals surface area (Å²) in [6.45, 7) is 1.11. The molecule has 3 aromatic rings. The molecule has 2 aromatic heterocycles. The number of benzene rings is 1. The first kappa shape index (κ1) is 19.9. The van der Waals surface area contributed by atoms with Gasteiger partial charge in [-0.15, -0.1) is 5.10 Å². The normalized spacial score (nSPS) is 16.9. The van der Waals surface area contributed by atoms with Crippen LogP contribution in [0.25, 0.3) is 16.5 Å². The molecule has 0 bridgehead atoms. The molecule has 1 aromatic carbocycles. The van der Waals surface area contributed by atoms with Gasteiger partial charge in [-0.05, 0) is 42.2 Å². The number of ether oxygens (including phenoxy) is 1. The van der Waals surface area contributed by atoms with Crippen molar-refractivity contribution in [3.05, 3.63) is 59.0 Å². The number of aromatic nitrogens is 3. The summed E-state index contributed by atoms with van der Waals surface area (Å²) >= 11 is 0. The zero-order valence-electron chi connectivity index (χ0n) is 16.7. The topological polar surface area (TPSA) is 74.9 Å². The minimum absolute atomic E-state index is 0.368. The molecule has 0 saturated carbocycles. The third kappa shape index (κ3) is 3.85. The predicted octanol–water partition coefficient (Wildman–Crippen LogP) is 3.86. The van der Waals surface area contributed by atoms with Gasteiger partial charge >= 0.3 is 0 Å². The maximum absolute atomic E-state index is 14.4. The number of fused-ring (bicyclic) bond motifs is 3. The molecule has 1 fully saturated rings. The van der Waals surface area contributed by atoms with Gasteiger partial charge in [-0.25, -0.2) is 8.78 Å². The van der Waals surface area contributed by atoms with Crippen LogP contribution in [0.2, 0.25) is 0 Å². The SMILES string of the molecule is Fc1n[nH]c2ccc3c(c12)CCCC(OCC(F)F)=C3c1ccc(NC2CNC2)cn1. The van der Waals surface area contributed by atoms with E-state index in [1.807, 2.05) is 18.2 Å². The number of hydrogen-bond donors (Lipinski definition) is 3. The second-order valence-electron chi connectivity index (χ2n) is 7.81. The van der Waals surface area contributed by atoms with Crippen LogP contribution in [0.1, 0.15) is 29.7 Å². The first-order chi connectivity index (χ1) is 15.1. The Balaban J connectivity index is 1.60. The lowest BCUT2D eigenvalue weighted by Gasteiger charge is -2.28. The van der Waals surface area contributed by atoms with E-state index >= 15 is 0 Å². The number of pyridine rings is 1. The summed E-state index contributed by atoms with van der Waals surface area (Å²) in [7, 11) is 0. The number of nitrogens with zero attached hydrogens (tertiary/aromatic N) is 2. The number of hydrogen-bond acceptors (Lipinski definition) is 5. The number of halogens is 3. The smallest absolute Gasteiger partial charge is 0.272 e. The minimum atomic E-state index is -2.58. The molecule has 162 valence electrons. The van der Waals surface area contributed by atoms with Gasteiger partial charge in [0.15, 0.2) is 0 Å². The summed E-state index contributed by atoms with van der Waals surface area (Å²) in [5.74, 6) is -0.108. The molecule has 5 rings (SSSR count). The first-order valence-electron chi connectivity index (χ1n) is 10.3. The Hall–Kier alpha value is -3.07. The van der Waals surface area contributed by atoms with Crippen LogP contribution in [0.4, 0.5) is 18.9 Å². The van der Waals surface area contributed by atoms with Crippen molar-refractivity contribution in [2.24, 2.45) is 0 Å². The molecular formula is C22H22F3N5O. The molecule has 0 atom stereocenters. The average Bonchev–Trinajstić information content (AvgIpc) is 3.01. The van der Waals surface area contributed by atoms with E-state index in [-0.39, 0.29) is 0 Å². The third-order valence-electron chi connectivity index (χ3n) is 5.73. The Morgan fingerprint density at radius 1 is 1.16 bits per heavy atom. The Labute approximate surface area is 176 Å². The van der Waals surface area contributed by atoms with Crippen LogP contribution >= 0.6 is 0 Å². The number of aromatic amines is 1. The highest BCUT2D eigenvalue weighted by molar-refractivity contribution is 5.92. The van der Waals surface area contributed by atoms with E-state index in [1.54, 1.807) is 12.3 Å². The summed E-state index contributed by atoms with van der Waals surface area (Å²) in [5.41, 5.74) is 4.26. The first-order valence-corrected chi connectivity index (χ1v) is 10.3. The molecule has 3 N–H and O–H groups in total. The van der Waals surface area contributed by atoms with Gasteiger partial charge in [0, 0.05) is 25.1 Å². The Morgan fingerprint density at radius 2 is 2.03 bits per heavy atom. The molecular weight excluding hydrogens is 407 g/mol. The van der Waals surface area contributed by atoms with Crippen LogP contribution in [-0.4, -0.2) is 47.3 Å². The van der Waals surface area contributed by atoms with Gasteiger partial charge in [0.25, 0.3) is 6.43 Å². The number of aryl methyl sites for hydroxylation is 1. The quantitative estimate of drug-likeness (QED) is 0.555. The molecule has 2 aliphatic rings. The lowest BCUT2D eigenvalue weighted by atomic mass is 9.93. The Kier molecular flexibility index (Phi) is 5.27. The van der Waals surface area contributed by atoms with Crippen LogP contribution < -0.4 is 10.6 Å². The van der Waals surface area contributed by atoms with Crippen molar-refractivity contribution < 1.29 is 17.9 Å². The predicted molar refractivity (Wildman–Crippen MR) is 111 cm³/mol. The monoisotopic (exact) mass is 429 g/mol. The van der Waals surface area contributed by atoms with E-state index < -0.39 is 19.0 Å². The molecule has 1 aliphatic carbocycles. The fourth-order valence-corrected chi connectivity index (χ4v) is 4.18. The van der Waals surface area contributed by atoms with Crippen LogP contribution in [0.5, 0.6) is 0 Å². The maximum atomic E-state index is 14.4. The summed E-state index contributed by atoms with van der Waals surface area (Å²) < 4.78 is 45.8. The highest BCUT2D eigenvalue weighted by atomic mass is 19.3.